The van der Waals surface area contributed by atoms with Crippen molar-refractivity contribution >= 4 is 5.97 Å². The summed E-state index contributed by atoms with van der Waals surface area (Å²) in [6.07, 6.45) is -2.39. The average molecular weight is 286 g/mol. The number of halogens is 3. The number of hydrogen-bond donors (Lipinski definition) is 0. The molecule has 2 atom stereocenters. The second kappa shape index (κ2) is 5.85. The lowest BCUT2D eigenvalue weighted by molar-refractivity contribution is -0.183. The van der Waals surface area contributed by atoms with E-state index in [0.29, 0.717) is 12.0 Å². The van der Waals surface area contributed by atoms with Crippen LogP contribution < -0.4 is 0 Å². The Labute approximate surface area is 115 Å². The minimum atomic E-state index is -4.11. The zero-order chi connectivity index (χ0) is 14.8. The smallest absolute Gasteiger partial charge is 0.391 e. The Morgan fingerprint density at radius 3 is 2.40 bits per heavy atom. The zero-order valence-corrected chi connectivity index (χ0v) is 11.2. The molecule has 0 radical (unpaired) electrons. The summed E-state index contributed by atoms with van der Waals surface area (Å²) in [7, 11) is 1.30. The van der Waals surface area contributed by atoms with E-state index in [1.807, 2.05) is 0 Å². The van der Waals surface area contributed by atoms with Gasteiger partial charge in [-0.1, -0.05) is 18.6 Å². The number of carbonyl (C=O) groups excluding carboxylic acids is 1. The van der Waals surface area contributed by atoms with E-state index in [-0.39, 0.29) is 18.8 Å². The predicted molar refractivity (Wildman–Crippen MR) is 68.5 cm³/mol. The predicted octanol–water partition coefficient (Wildman–Crippen LogP) is 4.31. The maximum atomic E-state index is 12.8. The molecule has 0 bridgehead atoms. The maximum Gasteiger partial charge on any atom is 0.391 e. The van der Waals surface area contributed by atoms with Crippen LogP contribution in [-0.4, -0.2) is 19.3 Å². The normalized spacial score (nSPS) is 23.4. The van der Waals surface area contributed by atoms with Crippen LogP contribution in [0.1, 0.15) is 47.5 Å². The average Bonchev–Trinajstić information content (AvgIpc) is 2.46. The van der Waals surface area contributed by atoms with Crippen molar-refractivity contribution < 1.29 is 22.7 Å². The van der Waals surface area contributed by atoms with Gasteiger partial charge in [0.1, 0.15) is 0 Å². The number of benzene rings is 1. The molecule has 0 N–H and O–H groups in total. The molecule has 2 rings (SSSR count). The molecule has 1 saturated carbocycles. The Morgan fingerprint density at radius 2 is 1.85 bits per heavy atom. The molecule has 0 amide bonds. The Hall–Kier alpha value is -1.52. The number of rotatable bonds is 2. The minimum Gasteiger partial charge on any atom is -0.465 e. The van der Waals surface area contributed by atoms with Gasteiger partial charge < -0.3 is 4.74 Å². The van der Waals surface area contributed by atoms with Crippen LogP contribution in [0, 0.1) is 5.92 Å². The first kappa shape index (κ1) is 14.9. The van der Waals surface area contributed by atoms with Crippen LogP contribution in [0.2, 0.25) is 0 Å². The molecule has 1 aliphatic carbocycles. The molecule has 0 spiro atoms. The van der Waals surface area contributed by atoms with E-state index < -0.39 is 18.1 Å². The highest BCUT2D eigenvalue weighted by molar-refractivity contribution is 5.89. The summed E-state index contributed by atoms with van der Waals surface area (Å²) in [5.74, 6) is -1.73. The van der Waals surface area contributed by atoms with Crippen molar-refractivity contribution in [2.45, 2.75) is 37.8 Å². The Balaban J connectivity index is 2.09. The van der Waals surface area contributed by atoms with E-state index in [2.05, 4.69) is 4.74 Å². The second-order valence-electron chi connectivity index (χ2n) is 5.22. The standard InChI is InChI=1S/C15H17F3O2/c1-20-14(19)11-7-5-10(6-8-11)12-3-2-4-13(9-12)15(16,17)18/h5-8,12-13H,2-4,9H2,1H3/t12-,13+/m0/s1. The van der Waals surface area contributed by atoms with Gasteiger partial charge in [0.05, 0.1) is 18.6 Å². The lowest BCUT2D eigenvalue weighted by Crippen LogP contribution is -2.28. The van der Waals surface area contributed by atoms with Gasteiger partial charge in [0.25, 0.3) is 0 Å². The van der Waals surface area contributed by atoms with Crippen LogP contribution in [0.4, 0.5) is 13.2 Å². The third kappa shape index (κ3) is 3.32. The fourth-order valence-electron chi connectivity index (χ4n) is 2.80. The van der Waals surface area contributed by atoms with E-state index in [1.165, 1.54) is 7.11 Å². The molecular weight excluding hydrogens is 269 g/mol. The first-order valence-corrected chi connectivity index (χ1v) is 6.67. The lowest BCUT2D eigenvalue weighted by Gasteiger charge is -2.30. The summed E-state index contributed by atoms with van der Waals surface area (Å²) in [5, 5.41) is 0. The topological polar surface area (TPSA) is 26.3 Å². The quantitative estimate of drug-likeness (QED) is 0.757. The molecule has 1 aromatic carbocycles. The highest BCUT2D eigenvalue weighted by Gasteiger charge is 2.42. The van der Waals surface area contributed by atoms with Crippen LogP contribution in [0.5, 0.6) is 0 Å². The van der Waals surface area contributed by atoms with Gasteiger partial charge in [-0.2, -0.15) is 13.2 Å². The first-order chi connectivity index (χ1) is 9.41. The summed E-state index contributed by atoms with van der Waals surface area (Å²) in [4.78, 5) is 11.3. The molecule has 1 aliphatic rings. The molecule has 2 nitrogen and oxygen atoms in total. The van der Waals surface area contributed by atoms with Gasteiger partial charge in [-0.3, -0.25) is 0 Å². The number of carbonyl (C=O) groups is 1. The fraction of sp³-hybridized carbons (Fsp3) is 0.533. The number of esters is 1. The summed E-state index contributed by atoms with van der Waals surface area (Å²) in [6.45, 7) is 0. The molecule has 0 unspecified atom stereocenters. The SMILES string of the molecule is COC(=O)c1ccc([C@H]2CCC[C@@H](C(F)(F)F)C2)cc1. The van der Waals surface area contributed by atoms with E-state index in [9.17, 15) is 18.0 Å². The highest BCUT2D eigenvalue weighted by Crippen LogP contribution is 2.43. The van der Waals surface area contributed by atoms with Crippen LogP contribution in [0.25, 0.3) is 0 Å². The molecule has 0 aliphatic heterocycles. The van der Waals surface area contributed by atoms with Gasteiger partial charge >= 0.3 is 12.1 Å². The minimum absolute atomic E-state index is 0.0814. The number of hydrogen-bond acceptors (Lipinski definition) is 2. The summed E-state index contributed by atoms with van der Waals surface area (Å²) >= 11 is 0. The summed E-state index contributed by atoms with van der Waals surface area (Å²) in [5.41, 5.74) is 1.28. The molecule has 0 saturated heterocycles. The van der Waals surface area contributed by atoms with E-state index in [1.54, 1.807) is 24.3 Å². The highest BCUT2D eigenvalue weighted by atomic mass is 19.4. The monoisotopic (exact) mass is 286 g/mol. The molecule has 1 fully saturated rings. The van der Waals surface area contributed by atoms with Crippen molar-refractivity contribution in [3.05, 3.63) is 35.4 Å². The lowest BCUT2D eigenvalue weighted by atomic mass is 9.77. The number of ether oxygens (including phenoxy) is 1. The van der Waals surface area contributed by atoms with Gasteiger partial charge in [-0.05, 0) is 42.9 Å². The Kier molecular flexibility index (Phi) is 4.35. The number of alkyl halides is 3. The van der Waals surface area contributed by atoms with Crippen molar-refractivity contribution in [1.82, 2.24) is 0 Å². The Bertz CT molecular complexity index is 465. The fourth-order valence-corrected chi connectivity index (χ4v) is 2.80. The molecule has 20 heavy (non-hydrogen) atoms. The largest absolute Gasteiger partial charge is 0.465 e. The molecule has 110 valence electrons. The van der Waals surface area contributed by atoms with Crippen molar-refractivity contribution in [3.63, 3.8) is 0 Å². The van der Waals surface area contributed by atoms with Crippen molar-refractivity contribution in [2.75, 3.05) is 7.11 Å². The van der Waals surface area contributed by atoms with Crippen molar-refractivity contribution in [2.24, 2.45) is 5.92 Å². The third-order valence-electron chi connectivity index (χ3n) is 3.94. The van der Waals surface area contributed by atoms with Gasteiger partial charge in [0.2, 0.25) is 0 Å². The molecule has 5 heteroatoms. The molecular formula is C15H17F3O2. The second-order valence-corrected chi connectivity index (χ2v) is 5.22. The van der Waals surface area contributed by atoms with E-state index in [0.717, 1.165) is 12.0 Å². The maximum absolute atomic E-state index is 12.8. The number of methoxy groups -OCH3 is 1. The van der Waals surface area contributed by atoms with Gasteiger partial charge in [0, 0.05) is 0 Å². The summed E-state index contributed by atoms with van der Waals surface area (Å²) < 4.78 is 43.0. The van der Waals surface area contributed by atoms with E-state index in [4.69, 9.17) is 0 Å². The first-order valence-electron chi connectivity index (χ1n) is 6.67. The third-order valence-corrected chi connectivity index (χ3v) is 3.94. The molecule has 0 heterocycles. The molecule has 1 aromatic rings. The molecule has 0 aromatic heterocycles. The Morgan fingerprint density at radius 1 is 1.20 bits per heavy atom. The van der Waals surface area contributed by atoms with Crippen LogP contribution in [-0.2, 0) is 4.74 Å². The summed E-state index contributed by atoms with van der Waals surface area (Å²) in [6, 6.07) is 6.68. The van der Waals surface area contributed by atoms with Crippen molar-refractivity contribution in [1.29, 1.82) is 0 Å². The van der Waals surface area contributed by atoms with Crippen molar-refractivity contribution in [3.8, 4) is 0 Å². The van der Waals surface area contributed by atoms with Gasteiger partial charge in [-0.25, -0.2) is 4.79 Å². The van der Waals surface area contributed by atoms with Crippen LogP contribution >= 0.6 is 0 Å². The van der Waals surface area contributed by atoms with Gasteiger partial charge in [-0.15, -0.1) is 0 Å². The van der Waals surface area contributed by atoms with E-state index >= 15 is 0 Å². The van der Waals surface area contributed by atoms with Gasteiger partial charge in [0.15, 0.2) is 0 Å². The van der Waals surface area contributed by atoms with Crippen LogP contribution in [0.3, 0.4) is 0 Å². The zero-order valence-electron chi connectivity index (χ0n) is 11.2. The van der Waals surface area contributed by atoms with Crippen LogP contribution in [0.15, 0.2) is 24.3 Å².